The minimum absolute atomic E-state index is 0.177. The number of ether oxygens (including phenoxy) is 2. The van der Waals surface area contributed by atoms with E-state index in [2.05, 4.69) is 15.5 Å². The monoisotopic (exact) mass is 366 g/mol. The van der Waals surface area contributed by atoms with Crippen LogP contribution in [0.1, 0.15) is 5.56 Å². The van der Waals surface area contributed by atoms with E-state index in [-0.39, 0.29) is 6.61 Å². The topological polar surface area (TPSA) is 100 Å². The lowest BCUT2D eigenvalue weighted by molar-refractivity contribution is 0.126. The van der Waals surface area contributed by atoms with E-state index >= 15 is 0 Å². The molecule has 2 aromatic rings. The molecule has 0 fully saturated rings. The Balaban J connectivity index is 1.68. The number of anilines is 1. The van der Waals surface area contributed by atoms with E-state index in [1.54, 1.807) is 31.4 Å². The molecule has 0 saturated carbocycles. The second kappa shape index (κ2) is 10.1. The molecule has 128 valence electrons. The van der Waals surface area contributed by atoms with E-state index in [0.29, 0.717) is 30.2 Å². The Morgan fingerprint density at radius 1 is 1.38 bits per heavy atom. The maximum Gasteiger partial charge on any atom is 0.206 e. The van der Waals surface area contributed by atoms with Gasteiger partial charge >= 0.3 is 0 Å². The van der Waals surface area contributed by atoms with Crippen LogP contribution in [0.2, 0.25) is 0 Å². The number of aliphatic hydroxyl groups excluding tert-OH is 1. The van der Waals surface area contributed by atoms with Gasteiger partial charge in [-0.3, -0.25) is 0 Å². The number of nitriles is 1. The molecule has 0 aliphatic heterocycles. The summed E-state index contributed by atoms with van der Waals surface area (Å²) in [5, 5.41) is 30.6. The molecule has 0 aliphatic rings. The van der Waals surface area contributed by atoms with Crippen molar-refractivity contribution in [3.63, 3.8) is 0 Å². The van der Waals surface area contributed by atoms with Crippen molar-refractivity contribution in [2.24, 2.45) is 0 Å². The van der Waals surface area contributed by atoms with Crippen molar-refractivity contribution in [1.82, 2.24) is 10.2 Å². The molecule has 0 amide bonds. The van der Waals surface area contributed by atoms with E-state index in [0.717, 1.165) is 9.47 Å². The van der Waals surface area contributed by atoms with E-state index in [1.807, 2.05) is 6.07 Å². The number of methoxy groups -OCH3 is 1. The highest BCUT2D eigenvalue weighted by Crippen LogP contribution is 2.26. The van der Waals surface area contributed by atoms with Gasteiger partial charge < -0.3 is 19.9 Å². The van der Waals surface area contributed by atoms with Gasteiger partial charge in [0.05, 0.1) is 24.3 Å². The van der Waals surface area contributed by atoms with Crippen LogP contribution in [0, 0.1) is 11.3 Å². The minimum Gasteiger partial charge on any atom is -0.491 e. The van der Waals surface area contributed by atoms with Gasteiger partial charge in [0, 0.05) is 19.4 Å². The minimum atomic E-state index is -0.626. The van der Waals surface area contributed by atoms with Gasteiger partial charge in [0.15, 0.2) is 4.34 Å². The van der Waals surface area contributed by atoms with Crippen molar-refractivity contribution in [2.45, 2.75) is 10.4 Å². The Labute approximate surface area is 148 Å². The molecule has 1 unspecified atom stereocenters. The largest absolute Gasteiger partial charge is 0.491 e. The van der Waals surface area contributed by atoms with E-state index < -0.39 is 6.10 Å². The van der Waals surface area contributed by atoms with Gasteiger partial charge in [0.2, 0.25) is 5.13 Å². The summed E-state index contributed by atoms with van der Waals surface area (Å²) in [4.78, 5) is 0. The predicted molar refractivity (Wildman–Crippen MR) is 93.7 cm³/mol. The number of rotatable bonds is 10. The summed E-state index contributed by atoms with van der Waals surface area (Å²) in [6.07, 6.45) is -0.626. The Morgan fingerprint density at radius 2 is 2.17 bits per heavy atom. The fourth-order valence-corrected chi connectivity index (χ4v) is 3.34. The second-order valence-corrected chi connectivity index (χ2v) is 6.95. The smallest absolute Gasteiger partial charge is 0.206 e. The summed E-state index contributed by atoms with van der Waals surface area (Å²) in [6.45, 7) is 1.46. The normalized spacial score (nSPS) is 11.7. The summed E-state index contributed by atoms with van der Waals surface area (Å²) in [5.41, 5.74) is 0.574. The third-order valence-corrected chi connectivity index (χ3v) is 4.97. The van der Waals surface area contributed by atoms with Gasteiger partial charge in [0.1, 0.15) is 12.4 Å². The fourth-order valence-electron chi connectivity index (χ4n) is 1.63. The molecule has 0 aliphatic carbocycles. The van der Waals surface area contributed by atoms with Crippen molar-refractivity contribution < 1.29 is 14.6 Å². The first-order chi connectivity index (χ1) is 11.7. The standard InChI is InChI=1S/C15H18N4O3S2/c1-21-7-6-17-14-18-19-15(24-14)23-10-12(20)9-22-13-4-2-11(8-16)3-5-13/h2-5,12,20H,6-7,9-10H2,1H3,(H,17,18). The molecule has 0 spiro atoms. The van der Waals surface area contributed by atoms with Gasteiger partial charge in [-0.1, -0.05) is 23.1 Å². The molecule has 1 heterocycles. The molecule has 7 nitrogen and oxygen atoms in total. The molecule has 2 rings (SSSR count). The molecular weight excluding hydrogens is 348 g/mol. The number of nitrogens with one attached hydrogen (secondary N) is 1. The number of thioether (sulfide) groups is 1. The lowest BCUT2D eigenvalue weighted by atomic mass is 10.2. The van der Waals surface area contributed by atoms with E-state index in [9.17, 15) is 5.11 Å². The predicted octanol–water partition coefficient (Wildman–Crippen LogP) is 2.00. The lowest BCUT2D eigenvalue weighted by Gasteiger charge is -2.11. The number of hydrogen-bond acceptors (Lipinski definition) is 9. The van der Waals surface area contributed by atoms with Crippen LogP contribution in [-0.4, -0.2) is 54.0 Å². The molecule has 9 heteroatoms. The Bertz CT molecular complexity index is 657. The highest BCUT2D eigenvalue weighted by atomic mass is 32.2. The van der Waals surface area contributed by atoms with Gasteiger partial charge in [-0.25, -0.2) is 0 Å². The van der Waals surface area contributed by atoms with Crippen molar-refractivity contribution >= 4 is 28.2 Å². The molecule has 24 heavy (non-hydrogen) atoms. The van der Waals surface area contributed by atoms with Crippen molar-refractivity contribution in [3.8, 4) is 11.8 Å². The molecule has 0 saturated heterocycles. The number of aromatic nitrogens is 2. The third kappa shape index (κ3) is 6.33. The van der Waals surface area contributed by atoms with Crippen LogP contribution < -0.4 is 10.1 Å². The van der Waals surface area contributed by atoms with Crippen LogP contribution in [0.5, 0.6) is 5.75 Å². The lowest BCUT2D eigenvalue weighted by Crippen LogP contribution is -2.20. The zero-order valence-corrected chi connectivity index (χ0v) is 14.8. The van der Waals surface area contributed by atoms with Crippen molar-refractivity contribution in [1.29, 1.82) is 5.26 Å². The highest BCUT2D eigenvalue weighted by molar-refractivity contribution is 8.01. The number of benzene rings is 1. The second-order valence-electron chi connectivity index (χ2n) is 4.70. The molecule has 0 bridgehead atoms. The Morgan fingerprint density at radius 3 is 2.88 bits per heavy atom. The van der Waals surface area contributed by atoms with Crippen LogP contribution in [0.15, 0.2) is 28.6 Å². The summed E-state index contributed by atoms with van der Waals surface area (Å²) in [7, 11) is 1.64. The van der Waals surface area contributed by atoms with E-state index in [1.165, 1.54) is 23.1 Å². The van der Waals surface area contributed by atoms with Gasteiger partial charge in [-0.05, 0) is 24.3 Å². The zero-order valence-electron chi connectivity index (χ0n) is 13.1. The van der Waals surface area contributed by atoms with Crippen LogP contribution in [0.3, 0.4) is 0 Å². The van der Waals surface area contributed by atoms with Gasteiger partial charge in [-0.2, -0.15) is 5.26 Å². The maximum atomic E-state index is 9.98. The number of nitrogens with zero attached hydrogens (tertiary/aromatic N) is 3. The average molecular weight is 366 g/mol. The molecular formula is C15H18N4O3S2. The first-order valence-electron chi connectivity index (χ1n) is 7.21. The Hall–Kier alpha value is -1.86. The summed E-state index contributed by atoms with van der Waals surface area (Å²) >= 11 is 2.87. The number of hydrogen-bond donors (Lipinski definition) is 2. The molecule has 0 radical (unpaired) electrons. The quantitative estimate of drug-likeness (QED) is 0.486. The summed E-state index contributed by atoms with van der Waals surface area (Å²) in [6, 6.07) is 8.82. The van der Waals surface area contributed by atoms with Gasteiger partial charge in [0.25, 0.3) is 0 Å². The zero-order chi connectivity index (χ0) is 17.2. The third-order valence-electron chi connectivity index (χ3n) is 2.81. The van der Waals surface area contributed by atoms with Gasteiger partial charge in [-0.15, -0.1) is 10.2 Å². The molecule has 1 atom stereocenters. The van der Waals surface area contributed by atoms with Crippen LogP contribution in [-0.2, 0) is 4.74 Å². The first kappa shape index (κ1) is 18.5. The van der Waals surface area contributed by atoms with Crippen LogP contribution in [0.4, 0.5) is 5.13 Å². The molecule has 1 aromatic heterocycles. The van der Waals surface area contributed by atoms with Crippen LogP contribution >= 0.6 is 23.1 Å². The summed E-state index contributed by atoms with van der Waals surface area (Å²) in [5.74, 6) is 1.08. The Kier molecular flexibility index (Phi) is 7.77. The molecule has 2 N–H and O–H groups in total. The number of aliphatic hydroxyl groups is 1. The molecule has 1 aromatic carbocycles. The van der Waals surface area contributed by atoms with Crippen molar-refractivity contribution in [2.75, 3.05) is 37.9 Å². The highest BCUT2D eigenvalue weighted by Gasteiger charge is 2.10. The first-order valence-corrected chi connectivity index (χ1v) is 9.01. The maximum absolute atomic E-state index is 9.98. The fraction of sp³-hybridized carbons (Fsp3) is 0.400. The average Bonchev–Trinajstić information content (AvgIpc) is 3.06. The van der Waals surface area contributed by atoms with E-state index in [4.69, 9.17) is 14.7 Å². The van der Waals surface area contributed by atoms with Crippen molar-refractivity contribution in [3.05, 3.63) is 29.8 Å². The van der Waals surface area contributed by atoms with Crippen LogP contribution in [0.25, 0.3) is 0 Å². The SMILES string of the molecule is COCCNc1nnc(SCC(O)COc2ccc(C#N)cc2)s1. The summed E-state index contributed by atoms with van der Waals surface area (Å²) < 4.78 is 11.2.